The average molecular weight is 435 g/mol. The molecule has 0 heterocycles. The van der Waals surface area contributed by atoms with Crippen LogP contribution in [0.15, 0.2) is 54.6 Å². The van der Waals surface area contributed by atoms with Crippen LogP contribution in [-0.4, -0.2) is 17.5 Å². The summed E-state index contributed by atoms with van der Waals surface area (Å²) in [6.07, 6.45) is 9.88. The first-order chi connectivity index (χ1) is 15.6. The van der Waals surface area contributed by atoms with Gasteiger partial charge in [0.05, 0.1) is 11.5 Å². The van der Waals surface area contributed by atoms with Crippen molar-refractivity contribution in [3.05, 3.63) is 71.5 Å². The summed E-state index contributed by atoms with van der Waals surface area (Å²) in [6, 6.07) is 20.7. The highest BCUT2D eigenvalue weighted by Gasteiger charge is 2.41. The molecule has 2 aromatic carbocycles. The highest BCUT2D eigenvalue weighted by atomic mass is 19.1. The summed E-state index contributed by atoms with van der Waals surface area (Å²) >= 11 is 0. The topological polar surface area (TPSA) is 27.0 Å². The Labute approximate surface area is 194 Å². The Bertz CT molecular complexity index is 836. The summed E-state index contributed by atoms with van der Waals surface area (Å²) in [4.78, 5) is 2.60. The van der Waals surface area contributed by atoms with E-state index in [9.17, 15) is 9.65 Å². The van der Waals surface area contributed by atoms with Gasteiger partial charge >= 0.3 is 0 Å². The predicted octanol–water partition coefficient (Wildman–Crippen LogP) is 7.64. The Hall–Kier alpha value is -2.18. The molecule has 2 atom stereocenters. The van der Waals surface area contributed by atoms with Gasteiger partial charge in [-0.05, 0) is 74.2 Å². The minimum Gasteiger partial charge on any atom is -0.296 e. The first-order valence-electron chi connectivity index (χ1n) is 12.6. The van der Waals surface area contributed by atoms with Crippen molar-refractivity contribution in [1.82, 2.24) is 4.90 Å². The summed E-state index contributed by atoms with van der Waals surface area (Å²) < 4.78 is 13.7. The van der Waals surface area contributed by atoms with Crippen molar-refractivity contribution in [3.8, 4) is 6.07 Å². The molecule has 0 aromatic heterocycles. The molecule has 0 saturated heterocycles. The third-order valence-electron chi connectivity index (χ3n) is 7.46. The van der Waals surface area contributed by atoms with Gasteiger partial charge in [0, 0.05) is 12.6 Å². The van der Waals surface area contributed by atoms with Crippen molar-refractivity contribution < 1.29 is 4.39 Å². The van der Waals surface area contributed by atoms with Crippen LogP contribution in [0.1, 0.15) is 82.8 Å². The molecular weight excluding hydrogens is 395 g/mol. The maximum atomic E-state index is 13.7. The van der Waals surface area contributed by atoms with Gasteiger partial charge in [-0.3, -0.25) is 4.90 Å². The minimum absolute atomic E-state index is 0.229. The SMILES string of the molecule is CCCN(Cc1ccccc1)C(CC)CCC(C#N)(c1ccc(F)cc1)C1CCCCC1. The van der Waals surface area contributed by atoms with Crippen LogP contribution in [0, 0.1) is 23.1 Å². The summed E-state index contributed by atoms with van der Waals surface area (Å²) in [6.45, 7) is 6.52. The molecular formula is C29H39FN2. The van der Waals surface area contributed by atoms with Crippen LogP contribution in [-0.2, 0) is 12.0 Å². The van der Waals surface area contributed by atoms with Crippen molar-refractivity contribution in [2.45, 2.75) is 89.6 Å². The lowest BCUT2D eigenvalue weighted by Crippen LogP contribution is -2.40. The van der Waals surface area contributed by atoms with E-state index in [0.29, 0.717) is 12.0 Å². The molecule has 3 rings (SSSR count). The zero-order chi connectivity index (χ0) is 22.8. The maximum Gasteiger partial charge on any atom is 0.123 e. The molecule has 2 unspecified atom stereocenters. The molecule has 0 N–H and O–H groups in total. The lowest BCUT2D eigenvalue weighted by Gasteiger charge is -2.40. The van der Waals surface area contributed by atoms with E-state index in [2.05, 4.69) is 55.1 Å². The second kappa shape index (κ2) is 12.2. The number of halogens is 1. The molecule has 0 radical (unpaired) electrons. The van der Waals surface area contributed by atoms with E-state index in [1.807, 2.05) is 12.1 Å². The zero-order valence-corrected chi connectivity index (χ0v) is 19.9. The molecule has 1 fully saturated rings. The monoisotopic (exact) mass is 434 g/mol. The maximum absolute atomic E-state index is 13.7. The van der Waals surface area contributed by atoms with Crippen LogP contribution in [0.4, 0.5) is 4.39 Å². The summed E-state index contributed by atoms with van der Waals surface area (Å²) in [5.41, 5.74) is 1.83. The molecule has 0 spiro atoms. The Morgan fingerprint density at radius 2 is 1.72 bits per heavy atom. The van der Waals surface area contributed by atoms with Gasteiger partial charge in [-0.1, -0.05) is 75.6 Å². The molecule has 0 aliphatic heterocycles. The number of nitriles is 1. The zero-order valence-electron chi connectivity index (χ0n) is 19.9. The Balaban J connectivity index is 1.83. The smallest absolute Gasteiger partial charge is 0.123 e. The van der Waals surface area contributed by atoms with Crippen molar-refractivity contribution in [2.75, 3.05) is 6.54 Å². The highest BCUT2D eigenvalue weighted by molar-refractivity contribution is 5.34. The number of benzene rings is 2. The van der Waals surface area contributed by atoms with Crippen LogP contribution in [0.2, 0.25) is 0 Å². The summed E-state index contributed by atoms with van der Waals surface area (Å²) in [7, 11) is 0. The van der Waals surface area contributed by atoms with Gasteiger partial charge in [-0.25, -0.2) is 4.39 Å². The van der Waals surface area contributed by atoms with E-state index in [-0.39, 0.29) is 5.82 Å². The summed E-state index contributed by atoms with van der Waals surface area (Å²) in [5, 5.41) is 10.6. The molecule has 32 heavy (non-hydrogen) atoms. The third kappa shape index (κ3) is 5.99. The first-order valence-corrected chi connectivity index (χ1v) is 12.6. The first kappa shape index (κ1) is 24.5. The predicted molar refractivity (Wildman–Crippen MR) is 131 cm³/mol. The van der Waals surface area contributed by atoms with E-state index < -0.39 is 5.41 Å². The molecule has 0 bridgehead atoms. The van der Waals surface area contributed by atoms with Gasteiger partial charge in [0.15, 0.2) is 0 Å². The van der Waals surface area contributed by atoms with Crippen molar-refractivity contribution in [3.63, 3.8) is 0 Å². The van der Waals surface area contributed by atoms with Gasteiger partial charge in [0.2, 0.25) is 0 Å². The standard InChI is InChI=1S/C29H39FN2/c1-3-21-32(22-24-11-7-5-8-12-24)28(4-2)19-20-29(23-31,25-13-9-6-10-14-25)26-15-17-27(30)18-16-26/h5,7-8,11-12,15-18,25,28H,3-4,6,9-10,13-14,19-22H2,1-2H3. The molecule has 1 aliphatic rings. The van der Waals surface area contributed by atoms with Gasteiger partial charge in [-0.2, -0.15) is 5.26 Å². The average Bonchev–Trinajstić information content (AvgIpc) is 2.84. The molecule has 1 aliphatic carbocycles. The van der Waals surface area contributed by atoms with E-state index >= 15 is 0 Å². The lowest BCUT2D eigenvalue weighted by molar-refractivity contribution is 0.151. The second-order valence-corrected chi connectivity index (χ2v) is 9.48. The number of hydrogen-bond acceptors (Lipinski definition) is 2. The Kier molecular flexibility index (Phi) is 9.30. The van der Waals surface area contributed by atoms with Gasteiger partial charge in [0.1, 0.15) is 5.82 Å². The molecule has 172 valence electrons. The molecule has 3 heteroatoms. The summed E-state index contributed by atoms with van der Waals surface area (Å²) in [5.74, 6) is 0.130. The number of nitrogens with zero attached hydrogens (tertiary/aromatic N) is 2. The Morgan fingerprint density at radius 3 is 2.31 bits per heavy atom. The number of rotatable bonds is 11. The molecule has 0 amide bonds. The fraction of sp³-hybridized carbons (Fsp3) is 0.552. The molecule has 1 saturated carbocycles. The highest BCUT2D eigenvalue weighted by Crippen LogP contribution is 2.44. The van der Waals surface area contributed by atoms with E-state index in [1.54, 1.807) is 0 Å². The van der Waals surface area contributed by atoms with Gasteiger partial charge in [-0.15, -0.1) is 0 Å². The molecule has 2 nitrogen and oxygen atoms in total. The lowest BCUT2D eigenvalue weighted by atomic mass is 9.63. The van der Waals surface area contributed by atoms with E-state index in [1.165, 1.54) is 37.0 Å². The fourth-order valence-corrected chi connectivity index (χ4v) is 5.67. The Morgan fingerprint density at radius 1 is 1.03 bits per heavy atom. The fourth-order valence-electron chi connectivity index (χ4n) is 5.67. The van der Waals surface area contributed by atoms with Crippen LogP contribution in [0.3, 0.4) is 0 Å². The van der Waals surface area contributed by atoms with Gasteiger partial charge < -0.3 is 0 Å². The molecule has 2 aromatic rings. The van der Waals surface area contributed by atoms with Crippen molar-refractivity contribution in [1.29, 1.82) is 5.26 Å². The van der Waals surface area contributed by atoms with Crippen LogP contribution < -0.4 is 0 Å². The third-order valence-corrected chi connectivity index (χ3v) is 7.46. The second-order valence-electron chi connectivity index (χ2n) is 9.48. The normalized spacial score (nSPS) is 17.6. The minimum atomic E-state index is -0.522. The number of hydrogen-bond donors (Lipinski definition) is 0. The van der Waals surface area contributed by atoms with Crippen LogP contribution in [0.25, 0.3) is 0 Å². The van der Waals surface area contributed by atoms with Crippen molar-refractivity contribution >= 4 is 0 Å². The van der Waals surface area contributed by atoms with E-state index in [4.69, 9.17) is 0 Å². The quantitative estimate of drug-likeness (QED) is 0.363. The van der Waals surface area contributed by atoms with Gasteiger partial charge in [0.25, 0.3) is 0 Å². The van der Waals surface area contributed by atoms with E-state index in [0.717, 1.165) is 57.2 Å². The van der Waals surface area contributed by atoms with Crippen molar-refractivity contribution in [2.24, 2.45) is 5.92 Å². The van der Waals surface area contributed by atoms with Crippen LogP contribution in [0.5, 0.6) is 0 Å². The van der Waals surface area contributed by atoms with Crippen LogP contribution >= 0.6 is 0 Å². The largest absolute Gasteiger partial charge is 0.296 e.